The molecule has 0 aliphatic heterocycles. The van der Waals surface area contributed by atoms with Gasteiger partial charge in [0.1, 0.15) is 5.82 Å². The average Bonchev–Trinajstić information content (AvgIpc) is 3.14. The van der Waals surface area contributed by atoms with E-state index in [1.54, 1.807) is 10.6 Å². The highest BCUT2D eigenvalue weighted by Crippen LogP contribution is 2.19. The first-order valence-electron chi connectivity index (χ1n) is 9.91. The largest absolute Gasteiger partial charge is 0.361 e. The first kappa shape index (κ1) is 18.9. The molecule has 0 atom stereocenters. The molecule has 2 aromatic heterocycles. The van der Waals surface area contributed by atoms with Crippen LogP contribution >= 0.6 is 0 Å². The summed E-state index contributed by atoms with van der Waals surface area (Å²) in [5.41, 5.74) is 2.99. The number of aromatic amines is 1. The smallest absolute Gasteiger partial charge is 0.261 e. The monoisotopic (exact) mass is 388 g/mol. The van der Waals surface area contributed by atoms with Crippen LogP contribution in [0.25, 0.3) is 21.8 Å². The third-order valence-electron chi connectivity index (χ3n) is 5.23. The SMILES string of the molecule is Cc1nc2ccccc2c(=O)n1CCNC(=O)CCCc1c[nH]c2ccccc12. The second-order valence-electron chi connectivity index (χ2n) is 7.20. The van der Waals surface area contributed by atoms with Crippen LogP contribution in [0.5, 0.6) is 0 Å². The zero-order valence-electron chi connectivity index (χ0n) is 16.4. The number of rotatable bonds is 7. The standard InChI is InChI=1S/C23H24N4O2/c1-16-26-21-11-5-3-9-19(21)23(29)27(16)14-13-24-22(28)12-6-7-17-15-25-20-10-4-2-8-18(17)20/h2-5,8-11,15,25H,6-7,12-14H2,1H3,(H,24,28). The molecule has 0 radical (unpaired) electrons. The molecule has 0 saturated heterocycles. The maximum Gasteiger partial charge on any atom is 0.261 e. The van der Waals surface area contributed by atoms with Gasteiger partial charge in [-0.25, -0.2) is 4.98 Å². The van der Waals surface area contributed by atoms with Crippen molar-refractivity contribution in [2.24, 2.45) is 0 Å². The first-order valence-corrected chi connectivity index (χ1v) is 9.91. The van der Waals surface area contributed by atoms with Crippen LogP contribution in [-0.4, -0.2) is 27.0 Å². The van der Waals surface area contributed by atoms with E-state index >= 15 is 0 Å². The number of carbonyl (C=O) groups is 1. The Morgan fingerprint density at radius 2 is 1.86 bits per heavy atom. The van der Waals surface area contributed by atoms with E-state index in [9.17, 15) is 9.59 Å². The van der Waals surface area contributed by atoms with E-state index in [0.717, 1.165) is 18.4 Å². The van der Waals surface area contributed by atoms with Crippen molar-refractivity contribution in [1.82, 2.24) is 19.9 Å². The quantitative estimate of drug-likeness (QED) is 0.510. The highest BCUT2D eigenvalue weighted by molar-refractivity contribution is 5.83. The number of nitrogens with zero attached hydrogens (tertiary/aromatic N) is 2. The molecule has 0 unspecified atom stereocenters. The van der Waals surface area contributed by atoms with Crippen molar-refractivity contribution in [3.63, 3.8) is 0 Å². The van der Waals surface area contributed by atoms with Crippen molar-refractivity contribution in [3.05, 3.63) is 76.5 Å². The molecule has 0 spiro atoms. The Kier molecular flexibility index (Phi) is 5.42. The summed E-state index contributed by atoms with van der Waals surface area (Å²) in [4.78, 5) is 32.6. The summed E-state index contributed by atoms with van der Waals surface area (Å²) in [5, 5.41) is 4.73. The summed E-state index contributed by atoms with van der Waals surface area (Å²) in [6.07, 6.45) is 4.11. The Hall–Kier alpha value is -3.41. The lowest BCUT2D eigenvalue weighted by Crippen LogP contribution is -2.32. The van der Waals surface area contributed by atoms with Crippen LogP contribution < -0.4 is 10.9 Å². The number of aromatic nitrogens is 3. The fourth-order valence-electron chi connectivity index (χ4n) is 3.72. The molecule has 148 valence electrons. The molecule has 6 nitrogen and oxygen atoms in total. The molecule has 0 bridgehead atoms. The molecule has 4 aromatic rings. The maximum absolute atomic E-state index is 12.6. The maximum atomic E-state index is 12.6. The highest BCUT2D eigenvalue weighted by Gasteiger charge is 2.09. The topological polar surface area (TPSA) is 79.8 Å². The molecule has 29 heavy (non-hydrogen) atoms. The number of nitrogens with one attached hydrogen (secondary N) is 2. The van der Waals surface area contributed by atoms with Crippen molar-refractivity contribution in [2.45, 2.75) is 32.7 Å². The molecular formula is C23H24N4O2. The third kappa shape index (κ3) is 4.06. The van der Waals surface area contributed by atoms with Gasteiger partial charge in [-0.3, -0.25) is 14.2 Å². The number of benzene rings is 2. The molecule has 0 aliphatic rings. The summed E-state index contributed by atoms with van der Waals surface area (Å²) in [5.74, 6) is 0.659. The van der Waals surface area contributed by atoms with Gasteiger partial charge < -0.3 is 10.3 Å². The fraction of sp³-hybridized carbons (Fsp3) is 0.261. The van der Waals surface area contributed by atoms with Gasteiger partial charge in [0.05, 0.1) is 10.9 Å². The van der Waals surface area contributed by atoms with Gasteiger partial charge in [-0.1, -0.05) is 30.3 Å². The lowest BCUT2D eigenvalue weighted by Gasteiger charge is -2.11. The molecule has 0 aliphatic carbocycles. The molecule has 0 fully saturated rings. The number of aryl methyl sites for hydroxylation is 2. The number of amides is 1. The van der Waals surface area contributed by atoms with Crippen LogP contribution in [0.1, 0.15) is 24.2 Å². The number of fused-ring (bicyclic) bond motifs is 2. The first-order chi connectivity index (χ1) is 14.1. The molecule has 4 rings (SSSR count). The van der Waals surface area contributed by atoms with E-state index in [2.05, 4.69) is 27.4 Å². The number of hydrogen-bond donors (Lipinski definition) is 2. The summed E-state index contributed by atoms with van der Waals surface area (Å²) in [7, 11) is 0. The van der Waals surface area contributed by atoms with Gasteiger partial charge in [0.25, 0.3) is 5.56 Å². The zero-order valence-corrected chi connectivity index (χ0v) is 16.4. The van der Waals surface area contributed by atoms with Crippen molar-refractivity contribution in [3.8, 4) is 0 Å². The third-order valence-corrected chi connectivity index (χ3v) is 5.23. The van der Waals surface area contributed by atoms with Crippen LogP contribution in [0.3, 0.4) is 0 Å². The van der Waals surface area contributed by atoms with Crippen molar-refractivity contribution in [1.29, 1.82) is 0 Å². The second-order valence-corrected chi connectivity index (χ2v) is 7.20. The molecular weight excluding hydrogens is 364 g/mol. The summed E-state index contributed by atoms with van der Waals surface area (Å²) < 4.78 is 1.62. The minimum absolute atomic E-state index is 0.00397. The van der Waals surface area contributed by atoms with Crippen LogP contribution in [-0.2, 0) is 17.8 Å². The minimum Gasteiger partial charge on any atom is -0.361 e. The summed E-state index contributed by atoms with van der Waals surface area (Å²) in [6.45, 7) is 2.64. The summed E-state index contributed by atoms with van der Waals surface area (Å²) in [6, 6.07) is 15.5. The Morgan fingerprint density at radius 1 is 1.10 bits per heavy atom. The van der Waals surface area contributed by atoms with Crippen molar-refractivity contribution < 1.29 is 4.79 Å². The number of hydrogen-bond acceptors (Lipinski definition) is 3. The molecule has 2 aromatic carbocycles. The molecule has 0 saturated carbocycles. The van der Waals surface area contributed by atoms with Crippen LogP contribution in [0.2, 0.25) is 0 Å². The van der Waals surface area contributed by atoms with E-state index < -0.39 is 0 Å². The zero-order chi connectivity index (χ0) is 20.2. The normalized spacial score (nSPS) is 11.2. The number of H-pyrrole nitrogens is 1. The molecule has 2 heterocycles. The average molecular weight is 388 g/mol. The Labute approximate surface area is 168 Å². The van der Waals surface area contributed by atoms with Crippen LogP contribution in [0, 0.1) is 6.92 Å². The Bertz CT molecular complexity index is 1220. The number of carbonyl (C=O) groups excluding carboxylic acids is 1. The van der Waals surface area contributed by atoms with E-state index in [1.807, 2.05) is 43.5 Å². The van der Waals surface area contributed by atoms with E-state index in [4.69, 9.17) is 0 Å². The highest BCUT2D eigenvalue weighted by atomic mass is 16.1. The van der Waals surface area contributed by atoms with Gasteiger partial charge in [0, 0.05) is 36.6 Å². The van der Waals surface area contributed by atoms with Crippen molar-refractivity contribution >= 4 is 27.7 Å². The lowest BCUT2D eigenvalue weighted by atomic mass is 10.1. The van der Waals surface area contributed by atoms with Crippen LogP contribution in [0.15, 0.2) is 59.5 Å². The molecule has 2 N–H and O–H groups in total. The lowest BCUT2D eigenvalue weighted by molar-refractivity contribution is -0.121. The Balaban J connectivity index is 1.29. The van der Waals surface area contributed by atoms with Gasteiger partial charge in [0.15, 0.2) is 0 Å². The second kappa shape index (κ2) is 8.31. The fourth-order valence-corrected chi connectivity index (χ4v) is 3.72. The van der Waals surface area contributed by atoms with Crippen LogP contribution in [0.4, 0.5) is 0 Å². The van der Waals surface area contributed by atoms with E-state index in [1.165, 1.54) is 10.9 Å². The molecule has 6 heteroatoms. The summed E-state index contributed by atoms with van der Waals surface area (Å²) >= 11 is 0. The van der Waals surface area contributed by atoms with E-state index in [-0.39, 0.29) is 11.5 Å². The van der Waals surface area contributed by atoms with E-state index in [0.29, 0.717) is 36.2 Å². The van der Waals surface area contributed by atoms with Gasteiger partial charge in [-0.2, -0.15) is 0 Å². The van der Waals surface area contributed by atoms with Gasteiger partial charge in [-0.15, -0.1) is 0 Å². The van der Waals surface area contributed by atoms with Crippen molar-refractivity contribution in [2.75, 3.05) is 6.54 Å². The van der Waals surface area contributed by atoms with Gasteiger partial charge in [-0.05, 0) is 43.5 Å². The van der Waals surface area contributed by atoms with Gasteiger partial charge in [0.2, 0.25) is 5.91 Å². The van der Waals surface area contributed by atoms with Gasteiger partial charge >= 0.3 is 0 Å². The predicted molar refractivity (Wildman–Crippen MR) is 115 cm³/mol. The Morgan fingerprint density at radius 3 is 2.72 bits per heavy atom. The predicted octanol–water partition coefficient (Wildman–Crippen LogP) is 3.33. The molecule has 1 amide bonds. The number of para-hydroxylation sites is 2. The minimum atomic E-state index is -0.0679.